The normalized spacial score (nSPS) is 15.9. The highest BCUT2D eigenvalue weighted by atomic mass is 19.1. The average molecular weight is 549 g/mol. The molecule has 0 unspecified atom stereocenters. The molecule has 0 spiro atoms. The Bertz CT molecular complexity index is 1530. The molecule has 4 heterocycles. The van der Waals surface area contributed by atoms with E-state index in [4.69, 9.17) is 5.11 Å². The van der Waals surface area contributed by atoms with Crippen molar-refractivity contribution in [1.82, 2.24) is 29.4 Å². The van der Waals surface area contributed by atoms with Gasteiger partial charge in [0.1, 0.15) is 23.6 Å². The predicted molar refractivity (Wildman–Crippen MR) is 146 cm³/mol. The van der Waals surface area contributed by atoms with E-state index in [2.05, 4.69) is 30.2 Å². The molecule has 2 aliphatic rings. The van der Waals surface area contributed by atoms with E-state index in [0.717, 1.165) is 37.9 Å². The van der Waals surface area contributed by atoms with Crippen LogP contribution in [0.15, 0.2) is 43.1 Å². The number of carbonyl (C=O) groups excluding carboxylic acids is 1. The fraction of sp³-hybridized carbons (Fsp3) is 0.393. The highest BCUT2D eigenvalue weighted by Crippen LogP contribution is 2.39. The Morgan fingerprint density at radius 1 is 1.07 bits per heavy atom. The molecule has 2 N–H and O–H groups in total. The molecule has 40 heavy (non-hydrogen) atoms. The number of anilines is 3. The zero-order chi connectivity index (χ0) is 27.8. The first-order chi connectivity index (χ1) is 19.4. The Morgan fingerprint density at radius 2 is 1.82 bits per heavy atom. The lowest BCUT2D eigenvalue weighted by Crippen LogP contribution is -2.35. The van der Waals surface area contributed by atoms with Crippen molar-refractivity contribution >= 4 is 34.4 Å². The van der Waals surface area contributed by atoms with Gasteiger partial charge in [-0.2, -0.15) is 0 Å². The number of nitrogens with one attached hydrogen (secondary N) is 1. The van der Waals surface area contributed by atoms with Gasteiger partial charge < -0.3 is 24.8 Å². The smallest absolute Gasteiger partial charge is 0.253 e. The Hall–Kier alpha value is -4.19. The molecular weight excluding hydrogens is 518 g/mol. The van der Waals surface area contributed by atoms with Crippen molar-refractivity contribution in [3.63, 3.8) is 0 Å². The van der Waals surface area contributed by atoms with E-state index in [1.165, 1.54) is 55.0 Å². The lowest BCUT2D eigenvalue weighted by atomic mass is 10.1. The zero-order valence-electron chi connectivity index (χ0n) is 22.1. The maximum absolute atomic E-state index is 15.3. The van der Waals surface area contributed by atoms with Crippen LogP contribution in [0.25, 0.3) is 11.0 Å². The number of hydrogen-bond acceptors (Lipinski definition) is 8. The van der Waals surface area contributed by atoms with E-state index < -0.39 is 17.5 Å². The number of hydrogen-bond donors (Lipinski definition) is 2. The first kappa shape index (κ1) is 26.1. The molecule has 12 heteroatoms. The van der Waals surface area contributed by atoms with Crippen LogP contribution in [0.2, 0.25) is 0 Å². The van der Waals surface area contributed by atoms with Gasteiger partial charge in [0.05, 0.1) is 17.7 Å². The summed E-state index contributed by atoms with van der Waals surface area (Å²) in [6.07, 6.45) is 10.6. The second-order valence-electron chi connectivity index (χ2n) is 10.4. The summed E-state index contributed by atoms with van der Waals surface area (Å²) in [6.45, 7) is 1.40. The molecule has 208 valence electrons. The first-order valence-corrected chi connectivity index (χ1v) is 13.4. The Labute approximate surface area is 229 Å². The summed E-state index contributed by atoms with van der Waals surface area (Å²) in [5, 5.41) is 12.1. The Kier molecular flexibility index (Phi) is 7.01. The van der Waals surface area contributed by atoms with Crippen LogP contribution in [0.4, 0.5) is 26.2 Å². The fourth-order valence-corrected chi connectivity index (χ4v) is 5.23. The number of nitrogens with zero attached hydrogens (tertiary/aromatic N) is 7. The molecule has 2 fully saturated rings. The molecule has 1 aliphatic heterocycles. The average Bonchev–Trinajstić information content (AvgIpc) is 3.77. The number of carbonyl (C=O) groups is 1. The number of amides is 1. The van der Waals surface area contributed by atoms with E-state index in [1.807, 2.05) is 17.0 Å². The summed E-state index contributed by atoms with van der Waals surface area (Å²) in [7, 11) is 1.53. The van der Waals surface area contributed by atoms with Crippen LogP contribution >= 0.6 is 0 Å². The molecule has 1 saturated heterocycles. The maximum atomic E-state index is 15.3. The van der Waals surface area contributed by atoms with Crippen LogP contribution in [0, 0.1) is 11.6 Å². The molecule has 0 radical (unpaired) electrons. The van der Waals surface area contributed by atoms with E-state index >= 15 is 4.39 Å². The highest BCUT2D eigenvalue weighted by Gasteiger charge is 2.27. The summed E-state index contributed by atoms with van der Waals surface area (Å²) >= 11 is 0. The minimum atomic E-state index is -0.686. The summed E-state index contributed by atoms with van der Waals surface area (Å²) < 4.78 is 32.0. The predicted octanol–water partition coefficient (Wildman–Crippen LogP) is 4.03. The van der Waals surface area contributed by atoms with Crippen LogP contribution in [-0.4, -0.2) is 73.7 Å². The molecule has 10 nitrogen and oxygen atoms in total. The number of aromatic nitrogens is 5. The minimum absolute atomic E-state index is 0.0229. The Balaban J connectivity index is 1.18. The van der Waals surface area contributed by atoms with Gasteiger partial charge in [0, 0.05) is 56.9 Å². The number of benzene rings is 1. The van der Waals surface area contributed by atoms with E-state index in [-0.39, 0.29) is 41.6 Å². The molecular formula is C28H30F2N8O2. The molecule has 3 aromatic heterocycles. The molecule has 1 saturated carbocycles. The summed E-state index contributed by atoms with van der Waals surface area (Å²) in [6, 6.07) is 4.01. The van der Waals surface area contributed by atoms with Crippen LogP contribution in [0.1, 0.15) is 53.6 Å². The van der Waals surface area contributed by atoms with Gasteiger partial charge in [0.25, 0.3) is 5.91 Å². The first-order valence-electron chi connectivity index (χ1n) is 13.4. The number of rotatable bonds is 8. The molecule has 4 aromatic rings. The maximum Gasteiger partial charge on any atom is 0.253 e. The van der Waals surface area contributed by atoms with Crippen molar-refractivity contribution in [1.29, 1.82) is 0 Å². The highest BCUT2D eigenvalue weighted by molar-refractivity contribution is 5.95. The van der Waals surface area contributed by atoms with Crippen molar-refractivity contribution < 1.29 is 18.7 Å². The Morgan fingerprint density at radius 3 is 2.50 bits per heavy atom. The van der Waals surface area contributed by atoms with Crippen molar-refractivity contribution in [2.75, 3.05) is 43.5 Å². The standard InChI is InChI=1S/C28H30F2N8O2/c1-36(10-11-39)27(40)18-4-5-23(21(29)12-18)35-25-24-22(30)15-38(26(24)34-16-33-25)20-6-8-37(9-7-20)28-31-13-19(14-32-28)17-2-3-17/h4-5,12-17,20,39H,2-3,6-11H2,1H3,(H,33,34,35). The number of aliphatic hydroxyl groups excluding tert-OH is 1. The lowest BCUT2D eigenvalue weighted by Gasteiger charge is -2.32. The fourth-order valence-electron chi connectivity index (χ4n) is 5.23. The number of aliphatic hydroxyl groups is 1. The van der Waals surface area contributed by atoms with Gasteiger partial charge in [0.15, 0.2) is 5.82 Å². The number of piperidine rings is 1. The lowest BCUT2D eigenvalue weighted by molar-refractivity contribution is 0.0766. The third-order valence-electron chi connectivity index (χ3n) is 7.66. The van der Waals surface area contributed by atoms with E-state index in [1.54, 1.807) is 0 Å². The van der Waals surface area contributed by atoms with Crippen LogP contribution in [-0.2, 0) is 0 Å². The van der Waals surface area contributed by atoms with Gasteiger partial charge in [-0.15, -0.1) is 0 Å². The van der Waals surface area contributed by atoms with Crippen LogP contribution < -0.4 is 10.2 Å². The number of halogens is 2. The van der Waals surface area contributed by atoms with Gasteiger partial charge in [-0.25, -0.2) is 28.7 Å². The molecule has 6 rings (SSSR count). The van der Waals surface area contributed by atoms with E-state index in [9.17, 15) is 9.18 Å². The van der Waals surface area contributed by atoms with E-state index in [0.29, 0.717) is 11.6 Å². The van der Waals surface area contributed by atoms with Gasteiger partial charge >= 0.3 is 0 Å². The number of fused-ring (bicyclic) bond motifs is 1. The monoisotopic (exact) mass is 548 g/mol. The molecule has 0 bridgehead atoms. The topological polar surface area (TPSA) is 112 Å². The summed E-state index contributed by atoms with van der Waals surface area (Å²) in [4.78, 5) is 33.5. The summed E-state index contributed by atoms with van der Waals surface area (Å²) in [5.74, 6) is -0.136. The molecule has 1 amide bonds. The quantitative estimate of drug-likeness (QED) is 0.340. The van der Waals surface area contributed by atoms with Gasteiger partial charge in [0.2, 0.25) is 5.95 Å². The van der Waals surface area contributed by atoms with Crippen LogP contribution in [0.5, 0.6) is 0 Å². The summed E-state index contributed by atoms with van der Waals surface area (Å²) in [5.41, 5.74) is 1.82. The van der Waals surface area contributed by atoms with Crippen molar-refractivity contribution in [3.05, 3.63) is 65.9 Å². The number of likely N-dealkylation sites (N-methyl/N-ethyl adjacent to an activating group) is 1. The second kappa shape index (κ2) is 10.8. The van der Waals surface area contributed by atoms with Crippen molar-refractivity contribution in [2.24, 2.45) is 0 Å². The largest absolute Gasteiger partial charge is 0.395 e. The minimum Gasteiger partial charge on any atom is -0.395 e. The van der Waals surface area contributed by atoms with Crippen LogP contribution in [0.3, 0.4) is 0 Å². The second-order valence-corrected chi connectivity index (χ2v) is 10.4. The van der Waals surface area contributed by atoms with Crippen molar-refractivity contribution in [3.8, 4) is 0 Å². The molecule has 0 atom stereocenters. The third kappa shape index (κ3) is 5.06. The molecule has 1 aromatic carbocycles. The van der Waals surface area contributed by atoms with Crippen molar-refractivity contribution in [2.45, 2.75) is 37.6 Å². The van der Waals surface area contributed by atoms with Gasteiger partial charge in [-0.1, -0.05) is 0 Å². The molecule has 1 aliphatic carbocycles. The van der Waals surface area contributed by atoms with Gasteiger partial charge in [-0.05, 0) is 55.4 Å². The third-order valence-corrected chi connectivity index (χ3v) is 7.66. The SMILES string of the molecule is CN(CCO)C(=O)c1ccc(Nc2ncnc3c2c(F)cn3C2CCN(c3ncc(C4CC4)cn3)CC2)c(F)c1. The zero-order valence-corrected chi connectivity index (χ0v) is 22.1. The van der Waals surface area contributed by atoms with Gasteiger partial charge in [-0.3, -0.25) is 4.79 Å².